The normalized spacial score (nSPS) is 19.0. The van der Waals surface area contributed by atoms with Crippen LogP contribution in [-0.2, 0) is 4.79 Å². The minimum absolute atomic E-state index is 0.194. The lowest BCUT2D eigenvalue weighted by Gasteiger charge is -2.25. The molecule has 0 saturated heterocycles. The smallest absolute Gasteiger partial charge is 0.243 e. The van der Waals surface area contributed by atoms with Crippen LogP contribution in [0.4, 0.5) is 10.1 Å². The Morgan fingerprint density at radius 1 is 1.23 bits per heavy atom. The Morgan fingerprint density at radius 2 is 1.95 bits per heavy atom. The van der Waals surface area contributed by atoms with Gasteiger partial charge in [-0.15, -0.1) is 0 Å². The van der Waals surface area contributed by atoms with Crippen molar-refractivity contribution in [2.45, 2.75) is 6.04 Å². The summed E-state index contributed by atoms with van der Waals surface area (Å²) < 4.78 is 15.2. The molecule has 4 nitrogen and oxygen atoms in total. The van der Waals surface area contributed by atoms with Gasteiger partial charge in [0, 0.05) is 27.4 Å². The molecule has 1 heterocycles. The monoisotopic (exact) mass is 412 g/mol. The standard InChI is InChI=1S/C16H14FIN2O2/c1-19-14-7-6-10(18)8-12(14)16(20(22)9-15(19)21)11-4-2-3-5-13(11)17/h2-8,16,22H,9H2,1H3. The van der Waals surface area contributed by atoms with E-state index in [2.05, 4.69) is 22.6 Å². The van der Waals surface area contributed by atoms with Gasteiger partial charge in [0.05, 0.1) is 6.04 Å². The van der Waals surface area contributed by atoms with Crippen LogP contribution in [0.5, 0.6) is 0 Å². The number of anilines is 1. The minimum atomic E-state index is -0.722. The molecule has 1 atom stereocenters. The van der Waals surface area contributed by atoms with Gasteiger partial charge in [-0.2, -0.15) is 5.06 Å². The topological polar surface area (TPSA) is 43.8 Å². The fourth-order valence-electron chi connectivity index (χ4n) is 2.71. The fraction of sp³-hybridized carbons (Fsp3) is 0.188. The first-order chi connectivity index (χ1) is 10.5. The SMILES string of the molecule is CN1C(=O)CN(O)C(c2ccccc2F)c2cc(I)ccc21. The van der Waals surface area contributed by atoms with Crippen LogP contribution in [0, 0.1) is 9.39 Å². The number of halogens is 2. The number of carbonyl (C=O) groups excluding carboxylic acids is 1. The second-order valence-electron chi connectivity index (χ2n) is 5.18. The molecule has 2 aromatic carbocycles. The van der Waals surface area contributed by atoms with E-state index in [1.165, 1.54) is 11.0 Å². The van der Waals surface area contributed by atoms with Crippen molar-refractivity contribution in [1.82, 2.24) is 5.06 Å². The zero-order chi connectivity index (χ0) is 15.9. The van der Waals surface area contributed by atoms with Crippen LogP contribution in [0.1, 0.15) is 17.2 Å². The van der Waals surface area contributed by atoms with Gasteiger partial charge in [-0.05, 0) is 46.9 Å². The number of hydrogen-bond acceptors (Lipinski definition) is 3. The van der Waals surface area contributed by atoms with Crippen LogP contribution in [0.15, 0.2) is 42.5 Å². The molecule has 1 amide bonds. The lowest BCUT2D eigenvalue weighted by molar-refractivity contribution is -0.142. The van der Waals surface area contributed by atoms with E-state index < -0.39 is 11.9 Å². The van der Waals surface area contributed by atoms with E-state index in [1.54, 1.807) is 25.2 Å². The number of hydrogen-bond donors (Lipinski definition) is 1. The van der Waals surface area contributed by atoms with Gasteiger partial charge in [-0.1, -0.05) is 18.2 Å². The van der Waals surface area contributed by atoms with Gasteiger partial charge in [0.25, 0.3) is 0 Å². The first-order valence-electron chi connectivity index (χ1n) is 6.75. The lowest BCUT2D eigenvalue weighted by Crippen LogP contribution is -2.35. The Hall–Kier alpha value is -1.51. The van der Waals surface area contributed by atoms with E-state index in [0.717, 1.165) is 8.63 Å². The summed E-state index contributed by atoms with van der Waals surface area (Å²) in [5, 5.41) is 11.3. The van der Waals surface area contributed by atoms with Gasteiger partial charge < -0.3 is 10.1 Å². The number of hydroxylamine groups is 2. The van der Waals surface area contributed by atoms with Crippen LogP contribution in [0.3, 0.4) is 0 Å². The third kappa shape index (κ3) is 2.62. The molecule has 0 fully saturated rings. The van der Waals surface area contributed by atoms with Crippen molar-refractivity contribution in [2.75, 3.05) is 18.5 Å². The summed E-state index contributed by atoms with van der Waals surface area (Å²) in [6.45, 7) is -0.194. The predicted molar refractivity (Wildman–Crippen MR) is 89.3 cm³/mol. The molecule has 0 radical (unpaired) electrons. The quantitative estimate of drug-likeness (QED) is 0.732. The van der Waals surface area contributed by atoms with Crippen LogP contribution in [0.2, 0.25) is 0 Å². The molecule has 0 saturated carbocycles. The molecular weight excluding hydrogens is 398 g/mol. The summed E-state index contributed by atoms with van der Waals surface area (Å²) in [6, 6.07) is 11.2. The molecule has 1 aliphatic rings. The second-order valence-corrected chi connectivity index (χ2v) is 6.42. The fourth-order valence-corrected chi connectivity index (χ4v) is 3.22. The van der Waals surface area contributed by atoms with Crippen molar-refractivity contribution in [1.29, 1.82) is 0 Å². The van der Waals surface area contributed by atoms with Crippen molar-refractivity contribution in [3.8, 4) is 0 Å². The number of benzene rings is 2. The number of nitrogens with zero attached hydrogens (tertiary/aromatic N) is 2. The second kappa shape index (κ2) is 5.94. The van der Waals surface area contributed by atoms with Gasteiger partial charge in [-0.3, -0.25) is 4.79 Å². The Balaban J connectivity index is 2.25. The average Bonchev–Trinajstić information content (AvgIpc) is 2.56. The molecule has 22 heavy (non-hydrogen) atoms. The zero-order valence-electron chi connectivity index (χ0n) is 11.8. The van der Waals surface area contributed by atoms with E-state index in [0.29, 0.717) is 16.8 Å². The van der Waals surface area contributed by atoms with E-state index in [-0.39, 0.29) is 12.5 Å². The van der Waals surface area contributed by atoms with E-state index in [9.17, 15) is 14.4 Å². The number of amides is 1. The van der Waals surface area contributed by atoms with Gasteiger partial charge in [0.2, 0.25) is 5.91 Å². The Kier molecular flexibility index (Phi) is 4.16. The average molecular weight is 412 g/mol. The number of fused-ring (bicyclic) bond motifs is 1. The molecule has 3 rings (SSSR count). The van der Waals surface area contributed by atoms with Crippen molar-refractivity contribution < 1.29 is 14.4 Å². The summed E-state index contributed by atoms with van der Waals surface area (Å²) in [5.74, 6) is -0.655. The van der Waals surface area contributed by atoms with Gasteiger partial charge in [0.15, 0.2) is 0 Å². The molecule has 0 bridgehead atoms. The van der Waals surface area contributed by atoms with E-state index in [1.807, 2.05) is 18.2 Å². The summed E-state index contributed by atoms with van der Waals surface area (Å²) in [4.78, 5) is 13.7. The molecule has 1 aliphatic heterocycles. The molecule has 114 valence electrons. The summed E-state index contributed by atoms with van der Waals surface area (Å²) in [7, 11) is 1.66. The third-order valence-electron chi connectivity index (χ3n) is 3.81. The number of carbonyl (C=O) groups is 1. The molecule has 0 aliphatic carbocycles. The van der Waals surface area contributed by atoms with Crippen molar-refractivity contribution in [3.63, 3.8) is 0 Å². The maximum atomic E-state index is 14.2. The Bertz CT molecular complexity index is 738. The van der Waals surface area contributed by atoms with Crippen molar-refractivity contribution in [3.05, 3.63) is 63.0 Å². The Labute approximate surface area is 141 Å². The predicted octanol–water partition coefficient (Wildman–Crippen LogP) is 3.19. The molecule has 1 unspecified atom stereocenters. The summed E-state index contributed by atoms with van der Waals surface area (Å²) in [5.41, 5.74) is 1.72. The van der Waals surface area contributed by atoms with E-state index >= 15 is 0 Å². The highest BCUT2D eigenvalue weighted by Crippen LogP contribution is 2.38. The summed E-state index contributed by atoms with van der Waals surface area (Å²) in [6.07, 6.45) is 0. The maximum Gasteiger partial charge on any atom is 0.243 e. The first kappa shape index (κ1) is 15.4. The lowest BCUT2D eigenvalue weighted by atomic mass is 9.96. The number of likely N-dealkylation sites (N-methyl/N-ethyl adjacent to an activating group) is 1. The molecule has 6 heteroatoms. The van der Waals surface area contributed by atoms with E-state index in [4.69, 9.17) is 0 Å². The highest BCUT2D eigenvalue weighted by Gasteiger charge is 2.33. The highest BCUT2D eigenvalue weighted by molar-refractivity contribution is 14.1. The molecular formula is C16H14FIN2O2. The van der Waals surface area contributed by atoms with Gasteiger partial charge in [-0.25, -0.2) is 4.39 Å². The first-order valence-corrected chi connectivity index (χ1v) is 7.83. The van der Waals surface area contributed by atoms with Gasteiger partial charge in [0.1, 0.15) is 12.4 Å². The molecule has 0 spiro atoms. The maximum absolute atomic E-state index is 14.2. The zero-order valence-corrected chi connectivity index (χ0v) is 14.0. The minimum Gasteiger partial charge on any atom is -0.314 e. The highest BCUT2D eigenvalue weighted by atomic mass is 127. The number of rotatable bonds is 1. The van der Waals surface area contributed by atoms with Crippen LogP contribution in [-0.4, -0.2) is 29.8 Å². The van der Waals surface area contributed by atoms with Crippen LogP contribution < -0.4 is 4.90 Å². The molecule has 1 N–H and O–H groups in total. The summed E-state index contributed by atoms with van der Waals surface area (Å²) >= 11 is 2.16. The van der Waals surface area contributed by atoms with Crippen LogP contribution in [0.25, 0.3) is 0 Å². The van der Waals surface area contributed by atoms with Crippen molar-refractivity contribution >= 4 is 34.2 Å². The van der Waals surface area contributed by atoms with Crippen molar-refractivity contribution in [2.24, 2.45) is 0 Å². The Morgan fingerprint density at radius 3 is 2.68 bits per heavy atom. The largest absolute Gasteiger partial charge is 0.314 e. The molecule has 2 aromatic rings. The van der Waals surface area contributed by atoms with Gasteiger partial charge >= 0.3 is 0 Å². The molecule has 0 aromatic heterocycles. The third-order valence-corrected chi connectivity index (χ3v) is 4.49. The van der Waals surface area contributed by atoms with Crippen LogP contribution >= 0.6 is 22.6 Å².